The van der Waals surface area contributed by atoms with Gasteiger partial charge in [0, 0.05) is 25.0 Å². The smallest absolute Gasteiger partial charge is 0.342 e. The molecule has 3 aliphatic rings. The number of nitrogens with two attached hydrogens (primary N) is 2. The van der Waals surface area contributed by atoms with E-state index < -0.39 is 23.3 Å². The van der Waals surface area contributed by atoms with Crippen molar-refractivity contribution in [2.24, 2.45) is 23.3 Å². The Morgan fingerprint density at radius 1 is 1.35 bits per heavy atom. The van der Waals surface area contributed by atoms with Crippen LogP contribution in [-0.4, -0.2) is 41.7 Å². The Morgan fingerprint density at radius 2 is 2.04 bits per heavy atom. The maximum absolute atomic E-state index is 13.3. The fourth-order valence-electron chi connectivity index (χ4n) is 3.65. The zero-order valence-electron chi connectivity index (χ0n) is 12.9. The summed E-state index contributed by atoms with van der Waals surface area (Å²) in [4.78, 5) is 13.9. The highest BCUT2D eigenvalue weighted by Gasteiger charge is 2.51. The molecule has 1 saturated heterocycles. The number of allylic oxidation sites excluding steroid dienone is 2. The van der Waals surface area contributed by atoms with Crippen LogP contribution in [0.3, 0.4) is 0 Å². The van der Waals surface area contributed by atoms with Gasteiger partial charge in [-0.2, -0.15) is 13.2 Å². The summed E-state index contributed by atoms with van der Waals surface area (Å²) in [5.74, 6) is 0.218. The second-order valence-corrected chi connectivity index (χ2v) is 6.95. The van der Waals surface area contributed by atoms with Crippen LogP contribution in [-0.2, 0) is 4.79 Å². The van der Waals surface area contributed by atoms with Crippen molar-refractivity contribution in [1.29, 1.82) is 0 Å². The maximum atomic E-state index is 13.3. The molecule has 0 bridgehead atoms. The molecule has 1 heterocycles. The van der Waals surface area contributed by atoms with E-state index in [0.717, 1.165) is 18.9 Å². The largest absolute Gasteiger partial charge is 0.414 e. The summed E-state index contributed by atoms with van der Waals surface area (Å²) in [5.41, 5.74) is 9.64. The van der Waals surface area contributed by atoms with Gasteiger partial charge in [-0.1, -0.05) is 18.2 Å². The molecule has 0 aromatic rings. The quantitative estimate of drug-likeness (QED) is 0.828. The predicted octanol–water partition coefficient (Wildman–Crippen LogP) is 1.72. The van der Waals surface area contributed by atoms with Gasteiger partial charge in [0.2, 0.25) is 5.91 Å². The first kappa shape index (κ1) is 16.5. The third-order valence-electron chi connectivity index (χ3n) is 5.13. The van der Waals surface area contributed by atoms with Gasteiger partial charge in [-0.3, -0.25) is 4.79 Å². The lowest BCUT2D eigenvalue weighted by molar-refractivity contribution is -0.131. The van der Waals surface area contributed by atoms with E-state index >= 15 is 0 Å². The first-order valence-corrected chi connectivity index (χ1v) is 8.01. The fraction of sp³-hybridized carbons (Fsp3) is 0.688. The minimum Gasteiger partial charge on any atom is -0.342 e. The van der Waals surface area contributed by atoms with Crippen LogP contribution in [0.5, 0.6) is 0 Å². The lowest BCUT2D eigenvalue weighted by Gasteiger charge is -2.40. The molecule has 4 N–H and O–H groups in total. The number of nitrogens with zero attached hydrogens (tertiary/aromatic N) is 1. The van der Waals surface area contributed by atoms with Gasteiger partial charge in [0.1, 0.15) is 0 Å². The maximum Gasteiger partial charge on any atom is 0.414 e. The van der Waals surface area contributed by atoms with Crippen molar-refractivity contribution in [2.75, 3.05) is 13.1 Å². The van der Waals surface area contributed by atoms with Gasteiger partial charge in [-0.05, 0) is 31.6 Å². The second-order valence-electron chi connectivity index (χ2n) is 6.95. The Labute approximate surface area is 133 Å². The molecular weight excluding hydrogens is 307 g/mol. The Bertz CT molecular complexity index is 553. The van der Waals surface area contributed by atoms with E-state index in [4.69, 9.17) is 11.5 Å². The second kappa shape index (κ2) is 5.63. The van der Waals surface area contributed by atoms with Crippen molar-refractivity contribution in [3.8, 4) is 0 Å². The summed E-state index contributed by atoms with van der Waals surface area (Å²) < 4.78 is 39.9. The molecule has 2 aliphatic carbocycles. The molecule has 0 spiro atoms. The van der Waals surface area contributed by atoms with Gasteiger partial charge in [0.15, 0.2) is 0 Å². The molecule has 3 rings (SSSR count). The molecule has 2 fully saturated rings. The Kier molecular flexibility index (Phi) is 4.04. The molecule has 2 unspecified atom stereocenters. The van der Waals surface area contributed by atoms with E-state index in [1.54, 1.807) is 4.90 Å². The zero-order valence-corrected chi connectivity index (χ0v) is 12.9. The van der Waals surface area contributed by atoms with Gasteiger partial charge >= 0.3 is 6.18 Å². The molecular formula is C16H22F3N3O. The summed E-state index contributed by atoms with van der Waals surface area (Å²) in [7, 11) is 0. The third kappa shape index (κ3) is 3.17. The number of likely N-dealkylation sites (tertiary alicyclic amines) is 1. The molecule has 128 valence electrons. The predicted molar refractivity (Wildman–Crippen MR) is 80.2 cm³/mol. The van der Waals surface area contributed by atoms with Crippen LogP contribution < -0.4 is 11.5 Å². The zero-order chi connectivity index (χ0) is 16.8. The Balaban J connectivity index is 1.71. The summed E-state index contributed by atoms with van der Waals surface area (Å²) in [6.45, 7) is 1.09. The van der Waals surface area contributed by atoms with Gasteiger partial charge < -0.3 is 16.4 Å². The highest BCUT2D eigenvalue weighted by atomic mass is 19.4. The topological polar surface area (TPSA) is 72.3 Å². The molecule has 23 heavy (non-hydrogen) atoms. The van der Waals surface area contributed by atoms with E-state index in [0.29, 0.717) is 19.5 Å². The summed E-state index contributed by atoms with van der Waals surface area (Å²) in [5, 5.41) is 0. The molecule has 4 nitrogen and oxygen atoms in total. The van der Waals surface area contributed by atoms with Crippen molar-refractivity contribution >= 4 is 5.91 Å². The summed E-state index contributed by atoms with van der Waals surface area (Å²) in [6.07, 6.45) is 2.02. The third-order valence-corrected chi connectivity index (χ3v) is 5.13. The fourth-order valence-corrected chi connectivity index (χ4v) is 3.65. The highest BCUT2D eigenvalue weighted by Crippen LogP contribution is 2.41. The first-order valence-electron chi connectivity index (χ1n) is 8.01. The molecule has 0 radical (unpaired) electrons. The van der Waals surface area contributed by atoms with Crippen LogP contribution in [0.4, 0.5) is 13.2 Å². The van der Waals surface area contributed by atoms with E-state index in [2.05, 4.69) is 0 Å². The monoisotopic (exact) mass is 329 g/mol. The minimum atomic E-state index is -4.50. The van der Waals surface area contributed by atoms with Crippen LogP contribution in [0, 0.1) is 11.8 Å². The summed E-state index contributed by atoms with van der Waals surface area (Å²) >= 11 is 0. The van der Waals surface area contributed by atoms with Gasteiger partial charge in [0.25, 0.3) is 0 Å². The normalized spacial score (nSPS) is 34.7. The van der Waals surface area contributed by atoms with Crippen LogP contribution in [0.1, 0.15) is 25.7 Å². The van der Waals surface area contributed by atoms with Gasteiger partial charge in [-0.25, -0.2) is 0 Å². The van der Waals surface area contributed by atoms with Crippen molar-refractivity contribution in [3.05, 3.63) is 23.8 Å². The average molecular weight is 329 g/mol. The number of halogens is 3. The van der Waals surface area contributed by atoms with E-state index in [1.165, 1.54) is 12.2 Å². The van der Waals surface area contributed by atoms with Gasteiger partial charge in [-0.15, -0.1) is 0 Å². The van der Waals surface area contributed by atoms with Crippen LogP contribution >= 0.6 is 0 Å². The number of amides is 1. The Hall–Kier alpha value is -1.34. The van der Waals surface area contributed by atoms with Crippen LogP contribution in [0.2, 0.25) is 0 Å². The van der Waals surface area contributed by atoms with Crippen molar-refractivity contribution in [1.82, 2.24) is 4.90 Å². The number of rotatable bonds is 3. The van der Waals surface area contributed by atoms with Crippen molar-refractivity contribution in [2.45, 2.75) is 43.4 Å². The summed E-state index contributed by atoms with van der Waals surface area (Å²) in [6, 6.07) is -0.877. The molecule has 0 aromatic carbocycles. The molecule has 7 heteroatoms. The molecule has 1 amide bonds. The Morgan fingerprint density at radius 3 is 2.65 bits per heavy atom. The number of carbonyl (C=O) groups is 1. The minimum absolute atomic E-state index is 0.0500. The molecule has 3 atom stereocenters. The molecule has 1 aliphatic heterocycles. The number of hydrogen-bond acceptors (Lipinski definition) is 3. The number of carbonyl (C=O) groups excluding carboxylic acids is 1. The molecule has 1 saturated carbocycles. The lowest BCUT2D eigenvalue weighted by Crippen LogP contribution is -2.60. The van der Waals surface area contributed by atoms with E-state index in [-0.39, 0.29) is 24.2 Å². The van der Waals surface area contributed by atoms with Crippen LogP contribution in [0.15, 0.2) is 23.8 Å². The van der Waals surface area contributed by atoms with Crippen molar-refractivity contribution < 1.29 is 18.0 Å². The first-order chi connectivity index (χ1) is 10.7. The average Bonchev–Trinajstić information content (AvgIpc) is 3.20. The van der Waals surface area contributed by atoms with E-state index in [1.807, 2.05) is 0 Å². The highest BCUT2D eigenvalue weighted by molar-refractivity contribution is 5.81. The molecule has 0 aromatic heterocycles. The SMILES string of the molecule is NC1C=CC=C(C(F)(F)F)C1(N)C[C@@H]1CCN(C(=O)C2CC2)C1. The number of hydrogen-bond donors (Lipinski definition) is 2. The van der Waals surface area contributed by atoms with Crippen LogP contribution in [0.25, 0.3) is 0 Å². The van der Waals surface area contributed by atoms with Gasteiger partial charge in [0.05, 0.1) is 11.1 Å². The van der Waals surface area contributed by atoms with Crippen molar-refractivity contribution in [3.63, 3.8) is 0 Å². The number of alkyl halides is 3. The standard InChI is InChI=1S/C16H22F3N3O/c17-16(18,19)12-2-1-3-13(20)15(12,21)8-10-6-7-22(9-10)14(23)11-4-5-11/h1-3,10-11,13H,4-9,20-21H2/t10-,13?,15?/m0/s1. The van der Waals surface area contributed by atoms with E-state index in [9.17, 15) is 18.0 Å². The lowest BCUT2D eigenvalue weighted by atomic mass is 9.74.